The first kappa shape index (κ1) is 7.76. The zero-order valence-electron chi connectivity index (χ0n) is 5.34. The summed E-state index contributed by atoms with van der Waals surface area (Å²) >= 11 is 9.83. The summed E-state index contributed by atoms with van der Waals surface area (Å²) in [4.78, 5) is 4.15. The fraction of sp³-hybridized carbons (Fsp3) is 0. The van der Waals surface area contributed by atoms with E-state index in [0.717, 1.165) is 18.8 Å². The Morgan fingerprint density at radius 1 is 1.45 bits per heavy atom. The van der Waals surface area contributed by atoms with Crippen LogP contribution in [0.5, 0.6) is 0 Å². The van der Waals surface area contributed by atoms with Gasteiger partial charge in [0.25, 0.3) is 0 Å². The number of nitrogens with zero attached hydrogens (tertiary/aromatic N) is 1. The average Bonchev–Trinajstić information content (AvgIpc) is 2.45. The number of thiazole rings is 1. The van der Waals surface area contributed by atoms with Crippen molar-refractivity contribution in [2.75, 3.05) is 0 Å². The van der Waals surface area contributed by atoms with E-state index in [2.05, 4.69) is 27.6 Å². The fourth-order valence-corrected chi connectivity index (χ4v) is 2.52. The molecular weight excluding hydrogens is 293 g/mol. The summed E-state index contributed by atoms with van der Waals surface area (Å²) in [5.74, 6) is 0. The molecule has 0 saturated carbocycles. The van der Waals surface area contributed by atoms with E-state index in [4.69, 9.17) is 11.6 Å². The largest absolute Gasteiger partial charge is 0.245 e. The molecule has 4 heteroatoms. The van der Waals surface area contributed by atoms with Crippen molar-refractivity contribution in [2.45, 2.75) is 0 Å². The highest BCUT2D eigenvalue weighted by atomic mass is 127. The summed E-state index contributed by atoms with van der Waals surface area (Å²) in [7, 11) is 0. The van der Waals surface area contributed by atoms with E-state index in [1.54, 1.807) is 11.3 Å². The van der Waals surface area contributed by atoms with Gasteiger partial charge in [-0.2, -0.15) is 0 Å². The van der Waals surface area contributed by atoms with Crippen molar-refractivity contribution in [1.29, 1.82) is 0 Å². The number of halogens is 2. The topological polar surface area (TPSA) is 12.9 Å². The van der Waals surface area contributed by atoms with Gasteiger partial charge < -0.3 is 0 Å². The van der Waals surface area contributed by atoms with Gasteiger partial charge in [0, 0.05) is 3.57 Å². The molecule has 0 N–H and O–H groups in total. The van der Waals surface area contributed by atoms with Crippen molar-refractivity contribution in [2.24, 2.45) is 0 Å². The van der Waals surface area contributed by atoms with Gasteiger partial charge in [-0.3, -0.25) is 0 Å². The Morgan fingerprint density at radius 3 is 3.09 bits per heavy atom. The number of aromatic nitrogens is 1. The number of hydrogen-bond donors (Lipinski definition) is 0. The van der Waals surface area contributed by atoms with Crippen molar-refractivity contribution in [3.05, 3.63) is 26.2 Å². The highest BCUT2D eigenvalue weighted by Crippen LogP contribution is 2.30. The third kappa shape index (κ3) is 1.25. The zero-order valence-corrected chi connectivity index (χ0v) is 9.07. The normalized spacial score (nSPS) is 10.7. The standard InChI is InChI=1S/C7H3ClINS/c8-6-4(9)1-2-5-7(6)11-3-10-5/h1-3H. The van der Waals surface area contributed by atoms with E-state index in [9.17, 15) is 0 Å². The average molecular weight is 296 g/mol. The van der Waals surface area contributed by atoms with E-state index >= 15 is 0 Å². The van der Waals surface area contributed by atoms with E-state index in [0.29, 0.717) is 0 Å². The predicted octanol–water partition coefficient (Wildman–Crippen LogP) is 3.55. The predicted molar refractivity (Wildman–Crippen MR) is 57.3 cm³/mol. The van der Waals surface area contributed by atoms with Crippen molar-refractivity contribution >= 4 is 55.7 Å². The van der Waals surface area contributed by atoms with Crippen LogP contribution in [0.25, 0.3) is 10.2 Å². The maximum absolute atomic E-state index is 6.03. The molecule has 0 atom stereocenters. The van der Waals surface area contributed by atoms with Crippen LogP contribution in [-0.2, 0) is 0 Å². The Balaban J connectivity index is 2.93. The maximum Gasteiger partial charge on any atom is 0.0827 e. The molecule has 0 spiro atoms. The monoisotopic (exact) mass is 295 g/mol. The van der Waals surface area contributed by atoms with Crippen molar-refractivity contribution in [3.8, 4) is 0 Å². The summed E-state index contributed by atoms with van der Waals surface area (Å²) in [6, 6.07) is 3.96. The molecule has 0 bridgehead atoms. The lowest BCUT2D eigenvalue weighted by Gasteiger charge is -1.94. The van der Waals surface area contributed by atoms with Crippen LogP contribution in [-0.4, -0.2) is 4.98 Å². The zero-order chi connectivity index (χ0) is 7.84. The molecule has 1 aromatic carbocycles. The highest BCUT2D eigenvalue weighted by molar-refractivity contribution is 14.1. The first-order valence-corrected chi connectivity index (χ1v) is 5.30. The SMILES string of the molecule is Clc1c(I)ccc2ncsc12. The number of hydrogen-bond acceptors (Lipinski definition) is 2. The van der Waals surface area contributed by atoms with Crippen LogP contribution in [0.1, 0.15) is 0 Å². The molecule has 0 aliphatic rings. The van der Waals surface area contributed by atoms with Gasteiger partial charge >= 0.3 is 0 Å². The minimum Gasteiger partial charge on any atom is -0.245 e. The van der Waals surface area contributed by atoms with Crippen LogP contribution in [0.2, 0.25) is 5.02 Å². The van der Waals surface area contributed by atoms with Crippen LogP contribution >= 0.6 is 45.5 Å². The van der Waals surface area contributed by atoms with Gasteiger partial charge in [-0.1, -0.05) is 11.6 Å². The minimum atomic E-state index is 0.825. The molecular formula is C7H3ClINS. The van der Waals surface area contributed by atoms with Crippen molar-refractivity contribution < 1.29 is 0 Å². The summed E-state index contributed by atoms with van der Waals surface area (Å²) in [5, 5.41) is 0.825. The molecule has 0 aliphatic carbocycles. The third-order valence-corrected chi connectivity index (χ3v) is 3.97. The van der Waals surface area contributed by atoms with Gasteiger partial charge in [-0.05, 0) is 34.7 Å². The maximum atomic E-state index is 6.03. The smallest absolute Gasteiger partial charge is 0.0827 e. The first-order chi connectivity index (χ1) is 5.29. The van der Waals surface area contributed by atoms with E-state index in [-0.39, 0.29) is 0 Å². The highest BCUT2D eigenvalue weighted by Gasteiger charge is 2.04. The van der Waals surface area contributed by atoms with Gasteiger partial charge in [0.05, 0.1) is 20.7 Å². The van der Waals surface area contributed by atoms with E-state index < -0.39 is 0 Å². The lowest BCUT2D eigenvalue weighted by atomic mass is 10.3. The lowest BCUT2D eigenvalue weighted by Crippen LogP contribution is -1.73. The molecule has 1 nitrogen and oxygen atoms in total. The van der Waals surface area contributed by atoms with Crippen LogP contribution < -0.4 is 0 Å². The first-order valence-electron chi connectivity index (χ1n) is 2.96. The molecule has 1 aromatic heterocycles. The molecule has 2 rings (SSSR count). The number of rotatable bonds is 0. The van der Waals surface area contributed by atoms with Gasteiger partial charge in [0.1, 0.15) is 0 Å². The van der Waals surface area contributed by atoms with Crippen LogP contribution in [0.3, 0.4) is 0 Å². The summed E-state index contributed by atoms with van der Waals surface area (Å²) in [6.07, 6.45) is 0. The summed E-state index contributed by atoms with van der Waals surface area (Å²) in [5.41, 5.74) is 2.80. The molecule has 11 heavy (non-hydrogen) atoms. The van der Waals surface area contributed by atoms with Gasteiger partial charge in [-0.15, -0.1) is 11.3 Å². The Morgan fingerprint density at radius 2 is 2.27 bits per heavy atom. The summed E-state index contributed by atoms with van der Waals surface area (Å²) in [6.45, 7) is 0. The second-order valence-electron chi connectivity index (χ2n) is 2.06. The van der Waals surface area contributed by atoms with E-state index in [1.807, 2.05) is 17.6 Å². The fourth-order valence-electron chi connectivity index (χ4n) is 0.871. The van der Waals surface area contributed by atoms with Crippen molar-refractivity contribution in [3.63, 3.8) is 0 Å². The van der Waals surface area contributed by atoms with Crippen molar-refractivity contribution in [1.82, 2.24) is 4.98 Å². The van der Waals surface area contributed by atoms with Gasteiger partial charge in [0.15, 0.2) is 0 Å². The lowest BCUT2D eigenvalue weighted by molar-refractivity contribution is 1.50. The van der Waals surface area contributed by atoms with Crippen LogP contribution in [0.4, 0.5) is 0 Å². The molecule has 0 saturated heterocycles. The van der Waals surface area contributed by atoms with Gasteiger partial charge in [0.2, 0.25) is 0 Å². The molecule has 0 fully saturated rings. The Labute approximate surface area is 86.5 Å². The van der Waals surface area contributed by atoms with E-state index in [1.165, 1.54) is 0 Å². The van der Waals surface area contributed by atoms with Gasteiger partial charge in [-0.25, -0.2) is 4.98 Å². The molecule has 0 unspecified atom stereocenters. The molecule has 0 radical (unpaired) electrons. The summed E-state index contributed by atoms with van der Waals surface area (Å²) < 4.78 is 2.17. The van der Waals surface area contributed by atoms with Crippen LogP contribution in [0, 0.1) is 3.57 Å². The molecule has 0 amide bonds. The quantitative estimate of drug-likeness (QED) is 0.677. The Kier molecular flexibility index (Phi) is 2.03. The molecule has 56 valence electrons. The molecule has 1 heterocycles. The number of benzene rings is 1. The Bertz CT molecular complexity index is 398. The third-order valence-electron chi connectivity index (χ3n) is 1.39. The molecule has 0 aliphatic heterocycles. The minimum absolute atomic E-state index is 0.825. The van der Waals surface area contributed by atoms with Crippen LogP contribution in [0.15, 0.2) is 17.6 Å². The second-order valence-corrected chi connectivity index (χ2v) is 4.46. The second kappa shape index (κ2) is 2.88. The molecule has 2 aromatic rings. The Hall–Kier alpha value is 0.130. The number of fused-ring (bicyclic) bond motifs is 1.